The third-order valence-corrected chi connectivity index (χ3v) is 4.75. The Balaban J connectivity index is 0.000000791. The van der Waals surface area contributed by atoms with Gasteiger partial charge in [0, 0.05) is 19.0 Å². The number of halogens is 3. The predicted molar refractivity (Wildman–Crippen MR) is 101 cm³/mol. The summed E-state index contributed by atoms with van der Waals surface area (Å²) in [4.78, 5) is 2.20. The van der Waals surface area contributed by atoms with Gasteiger partial charge in [0.15, 0.2) is 11.6 Å². The van der Waals surface area contributed by atoms with Gasteiger partial charge >= 0.3 is 0 Å². The fourth-order valence-corrected chi connectivity index (χ4v) is 3.38. The van der Waals surface area contributed by atoms with Gasteiger partial charge in [-0.3, -0.25) is 4.90 Å². The first-order valence-electron chi connectivity index (χ1n) is 9.60. The van der Waals surface area contributed by atoms with Crippen LogP contribution in [-0.4, -0.2) is 37.8 Å². The van der Waals surface area contributed by atoms with Crippen molar-refractivity contribution >= 4 is 0 Å². The summed E-state index contributed by atoms with van der Waals surface area (Å²) in [7, 11) is 1.60. The second kappa shape index (κ2) is 11.3. The summed E-state index contributed by atoms with van der Waals surface area (Å²) in [6.45, 7) is 10.3. The Morgan fingerprint density at radius 1 is 1.15 bits per heavy atom. The van der Waals surface area contributed by atoms with Gasteiger partial charge in [-0.15, -0.1) is 0 Å². The number of nitrogens with zero attached hydrogens (tertiary/aromatic N) is 1. The highest BCUT2D eigenvalue weighted by molar-refractivity contribution is 5.21. The molecule has 2 fully saturated rings. The van der Waals surface area contributed by atoms with Crippen molar-refractivity contribution in [2.24, 2.45) is 11.8 Å². The van der Waals surface area contributed by atoms with E-state index < -0.39 is 17.8 Å². The summed E-state index contributed by atoms with van der Waals surface area (Å²) >= 11 is 0. The van der Waals surface area contributed by atoms with E-state index in [4.69, 9.17) is 4.74 Å². The zero-order valence-corrected chi connectivity index (χ0v) is 16.6. The fraction of sp³-hybridized carbons (Fsp3) is 0.619. The van der Waals surface area contributed by atoms with Gasteiger partial charge in [-0.25, -0.2) is 13.2 Å². The molecule has 1 heterocycles. The maximum absolute atomic E-state index is 13.4. The highest BCUT2D eigenvalue weighted by Gasteiger charge is 2.47. The second-order valence-electron chi connectivity index (χ2n) is 6.20. The van der Waals surface area contributed by atoms with Crippen LogP contribution in [0.4, 0.5) is 13.2 Å². The topological polar surface area (TPSA) is 12.5 Å². The molecule has 2 nitrogen and oxygen atoms in total. The third-order valence-electron chi connectivity index (χ3n) is 4.75. The standard InChI is InChI=1S/C17H20F3NO.2C2H6/c1-22-13(4-2-11-3-5-15(18)17(20)6-11)9-21-8-12-7-16(19)14(12)10-21;2*1-2/h3-6,12,14,16H,2,7-10H2,1H3;2*1-2H3/b13-4-;;. The highest BCUT2D eigenvalue weighted by Crippen LogP contribution is 2.42. The smallest absolute Gasteiger partial charge is 0.159 e. The maximum Gasteiger partial charge on any atom is 0.159 e. The number of fused-ring (bicyclic) bond motifs is 1. The minimum atomic E-state index is -0.840. The van der Waals surface area contributed by atoms with Crippen LogP contribution in [0.15, 0.2) is 30.0 Å². The Labute approximate surface area is 156 Å². The Morgan fingerprint density at radius 2 is 1.85 bits per heavy atom. The summed E-state index contributed by atoms with van der Waals surface area (Å²) in [6.07, 6.45) is 2.39. The van der Waals surface area contributed by atoms with E-state index in [0.29, 0.717) is 30.9 Å². The van der Waals surface area contributed by atoms with Crippen LogP contribution >= 0.6 is 0 Å². The Bertz CT molecular complexity index is 576. The van der Waals surface area contributed by atoms with E-state index in [9.17, 15) is 13.2 Å². The van der Waals surface area contributed by atoms with Crippen molar-refractivity contribution in [3.05, 3.63) is 47.2 Å². The van der Waals surface area contributed by atoms with Crippen LogP contribution in [0.2, 0.25) is 0 Å². The van der Waals surface area contributed by atoms with Gasteiger partial charge in [0.05, 0.1) is 13.7 Å². The zero-order chi connectivity index (χ0) is 19.7. The minimum Gasteiger partial charge on any atom is -0.500 e. The van der Waals surface area contributed by atoms with Gasteiger partial charge < -0.3 is 4.74 Å². The monoisotopic (exact) mass is 371 g/mol. The molecule has 1 aliphatic carbocycles. The summed E-state index contributed by atoms with van der Waals surface area (Å²) in [5.41, 5.74) is 0.693. The van der Waals surface area contributed by atoms with Gasteiger partial charge in [0.1, 0.15) is 11.9 Å². The molecule has 1 saturated carbocycles. The van der Waals surface area contributed by atoms with Gasteiger partial charge in [-0.1, -0.05) is 33.8 Å². The van der Waals surface area contributed by atoms with Gasteiger partial charge in [-0.2, -0.15) is 0 Å². The first-order chi connectivity index (χ1) is 12.6. The van der Waals surface area contributed by atoms with Crippen molar-refractivity contribution in [2.45, 2.75) is 46.7 Å². The minimum absolute atomic E-state index is 0.185. The number of rotatable bonds is 5. The Hall–Kier alpha value is -1.49. The summed E-state index contributed by atoms with van der Waals surface area (Å²) in [6, 6.07) is 3.89. The molecule has 0 amide bonds. The normalized spacial score (nSPS) is 24.5. The van der Waals surface area contributed by atoms with Gasteiger partial charge in [0.2, 0.25) is 0 Å². The lowest BCUT2D eigenvalue weighted by atomic mass is 9.75. The molecule has 148 valence electrons. The first kappa shape index (κ1) is 22.6. The molecule has 3 unspecified atom stereocenters. The van der Waals surface area contributed by atoms with Crippen molar-refractivity contribution in [2.75, 3.05) is 26.7 Å². The number of likely N-dealkylation sites (tertiary alicyclic amines) is 1. The van der Waals surface area contributed by atoms with E-state index in [-0.39, 0.29) is 5.92 Å². The molecular weight excluding hydrogens is 339 g/mol. The molecule has 0 spiro atoms. The number of allylic oxidation sites excluding steroid dienone is 1. The summed E-state index contributed by atoms with van der Waals surface area (Å²) in [5, 5.41) is 0. The molecule has 0 N–H and O–H groups in total. The number of methoxy groups -OCH3 is 1. The SMILES string of the molecule is CC.CC.CO/C(=C\Cc1ccc(F)c(F)c1)CN1CC2CC(F)C2C1. The van der Waals surface area contributed by atoms with E-state index in [1.807, 2.05) is 33.8 Å². The number of alkyl halides is 1. The van der Waals surface area contributed by atoms with Crippen molar-refractivity contribution in [3.8, 4) is 0 Å². The number of benzene rings is 1. The average molecular weight is 371 g/mol. The quantitative estimate of drug-likeness (QED) is 0.644. The fourth-order valence-electron chi connectivity index (χ4n) is 3.38. The molecule has 0 bridgehead atoms. The second-order valence-corrected chi connectivity index (χ2v) is 6.20. The molecule has 1 aliphatic heterocycles. The van der Waals surface area contributed by atoms with E-state index in [0.717, 1.165) is 24.9 Å². The van der Waals surface area contributed by atoms with Crippen LogP contribution in [-0.2, 0) is 11.2 Å². The van der Waals surface area contributed by atoms with Gasteiger partial charge in [0.25, 0.3) is 0 Å². The van der Waals surface area contributed by atoms with Crippen LogP contribution in [0.3, 0.4) is 0 Å². The Morgan fingerprint density at radius 3 is 2.38 bits per heavy atom. The van der Waals surface area contributed by atoms with E-state index in [2.05, 4.69) is 4.90 Å². The van der Waals surface area contributed by atoms with Crippen LogP contribution in [0.5, 0.6) is 0 Å². The lowest BCUT2D eigenvalue weighted by molar-refractivity contribution is 0.0730. The van der Waals surface area contributed by atoms with E-state index in [1.165, 1.54) is 6.07 Å². The molecule has 1 aromatic carbocycles. The van der Waals surface area contributed by atoms with E-state index in [1.54, 1.807) is 13.2 Å². The van der Waals surface area contributed by atoms with Crippen LogP contribution in [0, 0.1) is 23.5 Å². The van der Waals surface area contributed by atoms with Crippen LogP contribution in [0.1, 0.15) is 39.7 Å². The first-order valence-corrected chi connectivity index (χ1v) is 9.60. The largest absolute Gasteiger partial charge is 0.500 e. The van der Waals surface area contributed by atoms with Gasteiger partial charge in [-0.05, 0) is 42.5 Å². The van der Waals surface area contributed by atoms with Crippen LogP contribution in [0.25, 0.3) is 0 Å². The number of hydrogen-bond acceptors (Lipinski definition) is 2. The van der Waals surface area contributed by atoms with Crippen molar-refractivity contribution < 1.29 is 17.9 Å². The van der Waals surface area contributed by atoms with Crippen molar-refractivity contribution in [1.29, 1.82) is 0 Å². The summed E-state index contributed by atoms with van der Waals surface area (Å²) < 4.78 is 44.8. The lowest BCUT2D eigenvalue weighted by Crippen LogP contribution is -2.36. The van der Waals surface area contributed by atoms with E-state index >= 15 is 0 Å². The molecule has 5 heteroatoms. The molecule has 3 atom stereocenters. The maximum atomic E-state index is 13.4. The van der Waals surface area contributed by atoms with Crippen molar-refractivity contribution in [1.82, 2.24) is 4.90 Å². The lowest BCUT2D eigenvalue weighted by Gasteiger charge is -2.33. The molecular formula is C21H32F3NO. The predicted octanol–water partition coefficient (Wildman–Crippen LogP) is 5.38. The molecule has 2 aliphatic rings. The molecule has 1 aromatic rings. The zero-order valence-electron chi connectivity index (χ0n) is 16.6. The number of ether oxygens (including phenoxy) is 1. The average Bonchev–Trinajstić information content (AvgIpc) is 3.00. The molecule has 0 radical (unpaired) electrons. The van der Waals surface area contributed by atoms with Crippen LogP contribution < -0.4 is 0 Å². The molecule has 26 heavy (non-hydrogen) atoms. The Kier molecular flexibility index (Phi) is 9.78. The molecule has 1 saturated heterocycles. The third kappa shape index (κ3) is 5.76. The molecule has 3 rings (SSSR count). The van der Waals surface area contributed by atoms with Crippen molar-refractivity contribution in [3.63, 3.8) is 0 Å². The highest BCUT2D eigenvalue weighted by atomic mass is 19.2. The number of hydrogen-bond donors (Lipinski definition) is 0. The molecule has 0 aromatic heterocycles. The summed E-state index contributed by atoms with van der Waals surface area (Å²) in [5.74, 6) is -0.229.